The molecule has 1 heterocycles. The van der Waals surface area contributed by atoms with Crippen molar-refractivity contribution in [3.05, 3.63) is 0 Å². The Morgan fingerprint density at radius 3 is 2.53 bits per heavy atom. The quantitative estimate of drug-likeness (QED) is 0.560. The largest absolute Gasteiger partial charge is 0.460 e. The number of nitrogens with one attached hydrogen (secondary N) is 1. The first-order chi connectivity index (χ1) is 6.94. The third kappa shape index (κ3) is 3.56. The third-order valence-corrected chi connectivity index (χ3v) is 2.43. The van der Waals surface area contributed by atoms with Gasteiger partial charge in [-0.2, -0.15) is 0 Å². The standard InChI is InChI=1S/C12H19NO2/c1-5-6-10(9-7-13-8-9)11(14)15-12(2,3)4/h1,9-10,13H,6-8H2,2-4H3. The van der Waals surface area contributed by atoms with E-state index in [4.69, 9.17) is 11.2 Å². The zero-order chi connectivity index (χ0) is 11.5. The van der Waals surface area contributed by atoms with Gasteiger partial charge in [0.2, 0.25) is 0 Å². The maximum Gasteiger partial charge on any atom is 0.310 e. The fourth-order valence-electron chi connectivity index (χ4n) is 1.54. The molecule has 0 spiro atoms. The van der Waals surface area contributed by atoms with E-state index in [1.165, 1.54) is 0 Å². The highest BCUT2D eigenvalue weighted by Gasteiger charge is 2.34. The summed E-state index contributed by atoms with van der Waals surface area (Å²) >= 11 is 0. The van der Waals surface area contributed by atoms with Gasteiger partial charge in [-0.15, -0.1) is 12.3 Å². The highest BCUT2D eigenvalue weighted by molar-refractivity contribution is 5.73. The van der Waals surface area contributed by atoms with E-state index in [9.17, 15) is 4.79 Å². The summed E-state index contributed by atoms with van der Waals surface area (Å²) in [7, 11) is 0. The fraction of sp³-hybridized carbons (Fsp3) is 0.750. The van der Waals surface area contributed by atoms with Crippen molar-refractivity contribution in [2.45, 2.75) is 32.8 Å². The molecule has 3 nitrogen and oxygen atoms in total. The second-order valence-electron chi connectivity index (χ2n) is 4.97. The van der Waals surface area contributed by atoms with Gasteiger partial charge in [0.1, 0.15) is 5.60 Å². The Morgan fingerprint density at radius 2 is 2.20 bits per heavy atom. The van der Waals surface area contributed by atoms with Gasteiger partial charge in [0.25, 0.3) is 0 Å². The molecule has 3 heteroatoms. The fourth-order valence-corrected chi connectivity index (χ4v) is 1.54. The van der Waals surface area contributed by atoms with Gasteiger partial charge in [-0.05, 0) is 26.7 Å². The lowest BCUT2D eigenvalue weighted by atomic mass is 9.85. The van der Waals surface area contributed by atoms with Crippen molar-refractivity contribution in [3.63, 3.8) is 0 Å². The molecule has 15 heavy (non-hydrogen) atoms. The minimum Gasteiger partial charge on any atom is -0.460 e. The molecule has 0 radical (unpaired) electrons. The van der Waals surface area contributed by atoms with Crippen molar-refractivity contribution in [1.82, 2.24) is 5.32 Å². The third-order valence-electron chi connectivity index (χ3n) is 2.43. The van der Waals surface area contributed by atoms with E-state index in [0.717, 1.165) is 13.1 Å². The second-order valence-corrected chi connectivity index (χ2v) is 4.97. The monoisotopic (exact) mass is 209 g/mol. The van der Waals surface area contributed by atoms with Gasteiger partial charge >= 0.3 is 5.97 Å². The molecule has 84 valence electrons. The van der Waals surface area contributed by atoms with Crippen LogP contribution in [0.25, 0.3) is 0 Å². The van der Waals surface area contributed by atoms with Crippen molar-refractivity contribution in [2.24, 2.45) is 11.8 Å². The average Bonchev–Trinajstić information content (AvgIpc) is 1.96. The Bertz CT molecular complexity index is 268. The van der Waals surface area contributed by atoms with Crippen LogP contribution < -0.4 is 5.32 Å². The Balaban J connectivity index is 2.55. The highest BCUT2D eigenvalue weighted by atomic mass is 16.6. The molecule has 0 aromatic heterocycles. The molecule has 0 aromatic carbocycles. The molecule has 0 aliphatic carbocycles. The van der Waals surface area contributed by atoms with E-state index in [0.29, 0.717) is 12.3 Å². The molecule has 1 aliphatic heterocycles. The molecule has 0 aromatic rings. The molecule has 1 fully saturated rings. The molecule has 1 rings (SSSR count). The highest BCUT2D eigenvalue weighted by Crippen LogP contribution is 2.23. The number of hydrogen-bond acceptors (Lipinski definition) is 3. The number of hydrogen-bond donors (Lipinski definition) is 1. The molecule has 1 N–H and O–H groups in total. The summed E-state index contributed by atoms with van der Waals surface area (Å²) in [6.07, 6.45) is 5.74. The molecule has 0 bridgehead atoms. The predicted molar refractivity (Wildman–Crippen MR) is 59.1 cm³/mol. The van der Waals surface area contributed by atoms with E-state index >= 15 is 0 Å². The lowest BCUT2D eigenvalue weighted by Crippen LogP contribution is -2.49. The summed E-state index contributed by atoms with van der Waals surface area (Å²) in [5.41, 5.74) is -0.429. The first-order valence-electron chi connectivity index (χ1n) is 5.31. The topological polar surface area (TPSA) is 38.3 Å². The van der Waals surface area contributed by atoms with Crippen molar-refractivity contribution in [2.75, 3.05) is 13.1 Å². The van der Waals surface area contributed by atoms with Crippen LogP contribution in [0, 0.1) is 24.2 Å². The van der Waals surface area contributed by atoms with Crippen LogP contribution in [0.3, 0.4) is 0 Å². The van der Waals surface area contributed by atoms with E-state index < -0.39 is 5.60 Å². The lowest BCUT2D eigenvalue weighted by molar-refractivity contribution is -0.162. The van der Waals surface area contributed by atoms with E-state index in [1.54, 1.807) is 0 Å². The van der Waals surface area contributed by atoms with Crippen LogP contribution in [0.5, 0.6) is 0 Å². The number of ether oxygens (including phenoxy) is 1. The summed E-state index contributed by atoms with van der Waals surface area (Å²) < 4.78 is 5.35. The number of carbonyl (C=O) groups is 1. The lowest BCUT2D eigenvalue weighted by Gasteiger charge is -2.34. The summed E-state index contributed by atoms with van der Waals surface area (Å²) in [5, 5.41) is 3.14. The van der Waals surface area contributed by atoms with E-state index in [-0.39, 0.29) is 11.9 Å². The molecule has 1 atom stereocenters. The smallest absolute Gasteiger partial charge is 0.310 e. The zero-order valence-electron chi connectivity index (χ0n) is 9.67. The number of terminal acetylenes is 1. The van der Waals surface area contributed by atoms with Crippen LogP contribution in [0.4, 0.5) is 0 Å². The van der Waals surface area contributed by atoms with Gasteiger partial charge in [-0.3, -0.25) is 4.79 Å². The van der Waals surface area contributed by atoms with E-state index in [1.807, 2.05) is 20.8 Å². The predicted octanol–water partition coefficient (Wildman–Crippen LogP) is 1.19. The molecule has 1 unspecified atom stereocenters. The van der Waals surface area contributed by atoms with Crippen LogP contribution >= 0.6 is 0 Å². The number of rotatable bonds is 3. The summed E-state index contributed by atoms with van der Waals surface area (Å²) in [5.74, 6) is 2.60. The average molecular weight is 209 g/mol. The van der Waals surface area contributed by atoms with Crippen LogP contribution in [0.15, 0.2) is 0 Å². The van der Waals surface area contributed by atoms with Gasteiger partial charge < -0.3 is 10.1 Å². The normalized spacial score (nSPS) is 18.8. The van der Waals surface area contributed by atoms with Crippen LogP contribution in [-0.2, 0) is 9.53 Å². The van der Waals surface area contributed by atoms with Gasteiger partial charge in [0, 0.05) is 19.5 Å². The van der Waals surface area contributed by atoms with Crippen molar-refractivity contribution in [3.8, 4) is 12.3 Å². The van der Waals surface area contributed by atoms with Crippen molar-refractivity contribution >= 4 is 5.97 Å². The summed E-state index contributed by atoms with van der Waals surface area (Å²) in [6, 6.07) is 0. The van der Waals surface area contributed by atoms with Crippen molar-refractivity contribution in [1.29, 1.82) is 0 Å². The minimum atomic E-state index is -0.429. The zero-order valence-corrected chi connectivity index (χ0v) is 9.67. The maximum atomic E-state index is 11.8. The second kappa shape index (κ2) is 4.67. The van der Waals surface area contributed by atoms with Crippen LogP contribution in [0.1, 0.15) is 27.2 Å². The Kier molecular flexibility index (Phi) is 3.76. The first-order valence-corrected chi connectivity index (χ1v) is 5.31. The minimum absolute atomic E-state index is 0.143. The molecule has 1 aliphatic rings. The van der Waals surface area contributed by atoms with Gasteiger partial charge in [-0.1, -0.05) is 0 Å². The number of esters is 1. The molecular weight excluding hydrogens is 190 g/mol. The Morgan fingerprint density at radius 1 is 1.60 bits per heavy atom. The maximum absolute atomic E-state index is 11.8. The van der Waals surface area contributed by atoms with Crippen LogP contribution in [0.2, 0.25) is 0 Å². The van der Waals surface area contributed by atoms with E-state index in [2.05, 4.69) is 11.2 Å². The van der Waals surface area contributed by atoms with Gasteiger partial charge in [0.15, 0.2) is 0 Å². The van der Waals surface area contributed by atoms with Crippen LogP contribution in [-0.4, -0.2) is 24.7 Å². The molecule has 0 saturated carbocycles. The van der Waals surface area contributed by atoms with Gasteiger partial charge in [0.05, 0.1) is 5.92 Å². The molecule has 0 amide bonds. The summed E-state index contributed by atoms with van der Waals surface area (Å²) in [4.78, 5) is 11.8. The first kappa shape index (κ1) is 12.1. The summed E-state index contributed by atoms with van der Waals surface area (Å²) in [6.45, 7) is 7.35. The Labute approximate surface area is 91.6 Å². The Hall–Kier alpha value is -1.01. The molecule has 1 saturated heterocycles. The van der Waals surface area contributed by atoms with Crippen molar-refractivity contribution < 1.29 is 9.53 Å². The molecular formula is C12H19NO2. The number of carbonyl (C=O) groups excluding carboxylic acids is 1. The SMILES string of the molecule is C#CCC(C(=O)OC(C)(C)C)C1CNC1. The van der Waals surface area contributed by atoms with Gasteiger partial charge in [-0.25, -0.2) is 0 Å².